The Morgan fingerprint density at radius 1 is 1.14 bits per heavy atom. The van der Waals surface area contributed by atoms with E-state index in [1.54, 1.807) is 0 Å². The lowest BCUT2D eigenvalue weighted by Gasteiger charge is -2.36. The van der Waals surface area contributed by atoms with E-state index in [2.05, 4.69) is 9.99 Å². The van der Waals surface area contributed by atoms with Gasteiger partial charge < -0.3 is 10.5 Å². The van der Waals surface area contributed by atoms with Crippen LogP contribution in [0.15, 0.2) is 48.5 Å². The number of ketones is 1. The average molecular weight is 409 g/mol. The number of hydrogen-bond acceptors (Lipinski definition) is 7. The lowest BCUT2D eigenvalue weighted by atomic mass is 10.0. The van der Waals surface area contributed by atoms with Gasteiger partial charge in [0.25, 0.3) is 0 Å². The van der Waals surface area contributed by atoms with Gasteiger partial charge in [0.2, 0.25) is 10.9 Å². The van der Waals surface area contributed by atoms with Crippen molar-refractivity contribution in [2.24, 2.45) is 0 Å². The maximum Gasteiger partial charge on any atom is 0.207 e. The predicted molar refractivity (Wildman–Crippen MR) is 117 cm³/mol. The molecule has 150 valence electrons. The van der Waals surface area contributed by atoms with Crippen molar-refractivity contribution < 1.29 is 9.53 Å². The van der Waals surface area contributed by atoms with Crippen LogP contribution in [0.4, 0.5) is 16.6 Å². The zero-order chi connectivity index (χ0) is 20.4. The van der Waals surface area contributed by atoms with Crippen molar-refractivity contribution in [1.82, 2.24) is 9.99 Å². The van der Waals surface area contributed by atoms with Crippen molar-refractivity contribution in [3.63, 3.8) is 0 Å². The first kappa shape index (κ1) is 19.6. The zero-order valence-electron chi connectivity index (χ0n) is 16.6. The molecule has 29 heavy (non-hydrogen) atoms. The van der Waals surface area contributed by atoms with Crippen LogP contribution in [-0.4, -0.2) is 42.1 Å². The Bertz CT molecular complexity index is 1010. The molecular formula is C22H24N4O2S. The van der Waals surface area contributed by atoms with Crippen LogP contribution < -0.4 is 10.7 Å². The first-order valence-electron chi connectivity index (χ1n) is 9.60. The second-order valence-corrected chi connectivity index (χ2v) is 8.05. The van der Waals surface area contributed by atoms with Crippen LogP contribution in [0.1, 0.15) is 26.4 Å². The van der Waals surface area contributed by atoms with Crippen LogP contribution in [-0.2, 0) is 4.74 Å². The number of hydrazine groups is 1. The summed E-state index contributed by atoms with van der Waals surface area (Å²) < 4.78 is 5.51. The van der Waals surface area contributed by atoms with Gasteiger partial charge >= 0.3 is 0 Å². The van der Waals surface area contributed by atoms with Gasteiger partial charge in [0, 0.05) is 18.7 Å². The van der Waals surface area contributed by atoms with Crippen LogP contribution in [0.25, 0.3) is 0 Å². The third-order valence-corrected chi connectivity index (χ3v) is 5.97. The van der Waals surface area contributed by atoms with Gasteiger partial charge in [-0.1, -0.05) is 53.3 Å². The van der Waals surface area contributed by atoms with Crippen molar-refractivity contribution in [1.29, 1.82) is 0 Å². The summed E-state index contributed by atoms with van der Waals surface area (Å²) in [7, 11) is 0. The SMILES string of the molecule is Cc1ccc(C(=O)c2sc(N(c3ccccc3)N3CCOCC3)nc2N)c(C)c1. The second-order valence-electron chi connectivity index (χ2n) is 7.07. The van der Waals surface area contributed by atoms with Crippen LogP contribution in [0.2, 0.25) is 0 Å². The number of hydrogen-bond donors (Lipinski definition) is 1. The van der Waals surface area contributed by atoms with Gasteiger partial charge in [-0.3, -0.25) is 4.79 Å². The topological polar surface area (TPSA) is 71.7 Å². The molecule has 1 aliphatic heterocycles. The van der Waals surface area contributed by atoms with Gasteiger partial charge in [-0.2, -0.15) is 0 Å². The van der Waals surface area contributed by atoms with E-state index in [0.717, 1.165) is 29.9 Å². The minimum atomic E-state index is -0.0845. The Labute approximate surface area is 174 Å². The monoisotopic (exact) mass is 408 g/mol. The number of anilines is 3. The second kappa shape index (κ2) is 8.32. The number of benzene rings is 2. The molecule has 1 saturated heterocycles. The van der Waals surface area contributed by atoms with E-state index in [0.29, 0.717) is 28.8 Å². The Hall–Kier alpha value is -2.74. The molecule has 0 spiro atoms. The quantitative estimate of drug-likeness (QED) is 0.645. The summed E-state index contributed by atoms with van der Waals surface area (Å²) in [6, 6.07) is 15.8. The molecule has 3 aromatic rings. The molecule has 6 nitrogen and oxygen atoms in total. The number of para-hydroxylation sites is 1. The molecule has 1 aromatic heterocycles. The Kier molecular flexibility index (Phi) is 5.62. The van der Waals surface area contributed by atoms with Crippen molar-refractivity contribution in [2.75, 3.05) is 37.0 Å². The summed E-state index contributed by atoms with van der Waals surface area (Å²) in [4.78, 5) is 18.2. The number of ether oxygens (including phenoxy) is 1. The lowest BCUT2D eigenvalue weighted by Crippen LogP contribution is -2.46. The molecule has 7 heteroatoms. The van der Waals surface area contributed by atoms with E-state index in [1.807, 2.05) is 67.4 Å². The van der Waals surface area contributed by atoms with Crippen molar-refractivity contribution >= 4 is 33.8 Å². The molecule has 2 heterocycles. The van der Waals surface area contributed by atoms with Crippen LogP contribution >= 0.6 is 11.3 Å². The number of thiazole rings is 1. The molecule has 0 aliphatic carbocycles. The minimum absolute atomic E-state index is 0.0845. The molecular weight excluding hydrogens is 384 g/mol. The van der Waals surface area contributed by atoms with Gasteiger partial charge in [0.1, 0.15) is 10.7 Å². The number of carbonyl (C=O) groups excluding carboxylic acids is 1. The molecule has 0 saturated carbocycles. The standard InChI is InChI=1S/C22H24N4O2S/c1-15-8-9-18(16(2)14-15)19(27)20-21(23)24-22(29-20)26(17-6-4-3-5-7-17)25-10-12-28-13-11-25/h3-9,14H,10-13,23H2,1-2H3. The van der Waals surface area contributed by atoms with Crippen LogP contribution in [0.3, 0.4) is 0 Å². The summed E-state index contributed by atoms with van der Waals surface area (Å²) in [5.41, 5.74) is 9.92. The minimum Gasteiger partial charge on any atom is -0.382 e. The normalized spacial score (nSPS) is 14.7. The number of carbonyl (C=O) groups is 1. The summed E-state index contributed by atoms with van der Waals surface area (Å²) in [5, 5.41) is 4.91. The third kappa shape index (κ3) is 4.03. The number of morpholine rings is 1. The van der Waals surface area contributed by atoms with Crippen molar-refractivity contribution in [3.05, 3.63) is 70.1 Å². The fourth-order valence-electron chi connectivity index (χ4n) is 3.48. The number of nitrogen functional groups attached to an aromatic ring is 1. The highest BCUT2D eigenvalue weighted by molar-refractivity contribution is 7.18. The molecule has 1 aliphatic rings. The smallest absolute Gasteiger partial charge is 0.207 e. The highest BCUT2D eigenvalue weighted by Gasteiger charge is 2.27. The Morgan fingerprint density at radius 2 is 1.86 bits per heavy atom. The van der Waals surface area contributed by atoms with Gasteiger partial charge in [-0.15, -0.1) is 0 Å². The third-order valence-electron chi connectivity index (χ3n) is 4.93. The maximum atomic E-state index is 13.2. The number of rotatable bonds is 5. The van der Waals surface area contributed by atoms with E-state index in [-0.39, 0.29) is 11.6 Å². The Balaban J connectivity index is 1.72. The fraction of sp³-hybridized carbons (Fsp3) is 0.273. The summed E-state index contributed by atoms with van der Waals surface area (Å²) >= 11 is 1.33. The molecule has 0 atom stereocenters. The molecule has 0 amide bonds. The molecule has 2 N–H and O–H groups in total. The lowest BCUT2D eigenvalue weighted by molar-refractivity contribution is 0.0378. The Morgan fingerprint density at radius 3 is 2.55 bits per heavy atom. The average Bonchev–Trinajstić information content (AvgIpc) is 3.10. The van der Waals surface area contributed by atoms with Gasteiger partial charge in [-0.25, -0.2) is 15.0 Å². The van der Waals surface area contributed by atoms with Crippen LogP contribution in [0, 0.1) is 13.8 Å². The number of aromatic nitrogens is 1. The molecule has 4 rings (SSSR count). The highest BCUT2D eigenvalue weighted by Crippen LogP contribution is 2.36. The molecule has 0 unspecified atom stereocenters. The van der Waals surface area contributed by atoms with E-state index in [4.69, 9.17) is 10.5 Å². The van der Waals surface area contributed by atoms with Gasteiger partial charge in [0.15, 0.2) is 0 Å². The summed E-state index contributed by atoms with van der Waals surface area (Å²) in [6.45, 7) is 6.75. The highest BCUT2D eigenvalue weighted by atomic mass is 32.1. The van der Waals surface area contributed by atoms with E-state index >= 15 is 0 Å². The summed E-state index contributed by atoms with van der Waals surface area (Å²) in [6.07, 6.45) is 0. The van der Waals surface area contributed by atoms with E-state index in [9.17, 15) is 4.79 Å². The molecule has 0 bridgehead atoms. The predicted octanol–water partition coefficient (Wildman–Crippen LogP) is 3.96. The first-order valence-corrected chi connectivity index (χ1v) is 10.4. The maximum absolute atomic E-state index is 13.2. The van der Waals surface area contributed by atoms with E-state index in [1.165, 1.54) is 11.3 Å². The largest absolute Gasteiger partial charge is 0.382 e. The van der Waals surface area contributed by atoms with Crippen LogP contribution in [0.5, 0.6) is 0 Å². The van der Waals surface area contributed by atoms with E-state index < -0.39 is 0 Å². The number of nitrogens with zero attached hydrogens (tertiary/aromatic N) is 3. The molecule has 2 aromatic carbocycles. The van der Waals surface area contributed by atoms with Crippen molar-refractivity contribution in [3.8, 4) is 0 Å². The number of nitrogens with two attached hydrogens (primary N) is 1. The molecule has 0 radical (unpaired) electrons. The van der Waals surface area contributed by atoms with Gasteiger partial charge in [-0.05, 0) is 31.5 Å². The zero-order valence-corrected chi connectivity index (χ0v) is 17.4. The van der Waals surface area contributed by atoms with Crippen molar-refractivity contribution in [2.45, 2.75) is 13.8 Å². The fourth-order valence-corrected chi connectivity index (χ4v) is 4.47. The first-order chi connectivity index (χ1) is 14.0. The molecule has 1 fully saturated rings. The van der Waals surface area contributed by atoms with Gasteiger partial charge in [0.05, 0.1) is 18.9 Å². The summed E-state index contributed by atoms with van der Waals surface area (Å²) in [5.74, 6) is 0.183. The number of aryl methyl sites for hydroxylation is 2.